The Balaban J connectivity index is 5.26. The first-order chi connectivity index (χ1) is 10.00. The fourth-order valence-corrected chi connectivity index (χ4v) is 10.1. The second-order valence-corrected chi connectivity index (χ2v) is 15.0. The molecule has 0 aliphatic heterocycles. The summed E-state index contributed by atoms with van der Waals surface area (Å²) in [6.07, 6.45) is -0.826. The summed E-state index contributed by atoms with van der Waals surface area (Å²) in [4.78, 5) is 12.0. The van der Waals surface area contributed by atoms with Crippen molar-refractivity contribution in [2.75, 3.05) is 13.7 Å². The Bertz CT molecular complexity index is 338. The minimum atomic E-state index is -2.03. The molecule has 0 heterocycles. The predicted octanol–water partition coefficient (Wildman–Crippen LogP) is 3.64. The molecule has 0 amide bonds. The maximum atomic E-state index is 12.0. The number of carbonyl (C=O) groups is 1. The van der Waals surface area contributed by atoms with Gasteiger partial charge in [0.15, 0.2) is 0 Å². The van der Waals surface area contributed by atoms with E-state index in [1.165, 1.54) is 7.11 Å². The molecule has 132 valence electrons. The van der Waals surface area contributed by atoms with Crippen LogP contribution >= 0.6 is 0 Å². The van der Waals surface area contributed by atoms with E-state index < -0.39 is 18.7 Å². The molecule has 0 rings (SSSR count). The zero-order valence-electron chi connectivity index (χ0n) is 15.6. The Morgan fingerprint density at radius 1 is 1.14 bits per heavy atom. The summed E-state index contributed by atoms with van der Waals surface area (Å²) in [5, 5.41) is 10.6. The third-order valence-electron chi connectivity index (χ3n) is 4.85. The van der Waals surface area contributed by atoms with Gasteiger partial charge in [0.05, 0.1) is 0 Å². The Kier molecular flexibility index (Phi) is 8.88. The monoisotopic (exact) mass is 398 g/mol. The second kappa shape index (κ2) is 8.83. The molecule has 0 aromatic carbocycles. The molecule has 0 aliphatic carbocycles. The van der Waals surface area contributed by atoms with Crippen molar-refractivity contribution in [1.82, 2.24) is 0 Å². The molecular weight excluding hydrogens is 363 g/mol. The molecule has 0 bridgehead atoms. The average molecular weight is 397 g/mol. The quantitative estimate of drug-likeness (QED) is 0.477. The van der Waals surface area contributed by atoms with E-state index in [9.17, 15) is 9.90 Å². The van der Waals surface area contributed by atoms with Gasteiger partial charge in [0.2, 0.25) is 0 Å². The van der Waals surface area contributed by atoms with Crippen molar-refractivity contribution < 1.29 is 19.1 Å². The van der Waals surface area contributed by atoms with Crippen molar-refractivity contribution in [2.24, 2.45) is 0 Å². The molecule has 1 N–H and O–H groups in total. The standard InChI is InChI=1S/C16H34O4SeSi/c1-11(2)22(12(3)4,13(5)6)20-10-14(17)16(7,21-9)15(18)19-8/h11-14,17H,10H2,1-9H3/t14-,16+/m1/s1. The van der Waals surface area contributed by atoms with Crippen LogP contribution in [0.4, 0.5) is 0 Å². The number of esters is 1. The molecule has 0 aromatic rings. The Hall–Kier alpha value is 0.126. The first kappa shape index (κ1) is 22.1. The van der Waals surface area contributed by atoms with Gasteiger partial charge in [-0.15, -0.1) is 0 Å². The van der Waals surface area contributed by atoms with Gasteiger partial charge in [0.1, 0.15) is 0 Å². The van der Waals surface area contributed by atoms with Crippen LogP contribution in [0.2, 0.25) is 26.8 Å². The molecule has 4 nitrogen and oxygen atoms in total. The van der Waals surface area contributed by atoms with E-state index in [1.807, 2.05) is 5.82 Å². The van der Waals surface area contributed by atoms with Crippen LogP contribution in [-0.4, -0.2) is 54.2 Å². The van der Waals surface area contributed by atoms with E-state index in [4.69, 9.17) is 9.16 Å². The van der Waals surface area contributed by atoms with E-state index in [-0.39, 0.29) is 27.5 Å². The van der Waals surface area contributed by atoms with Crippen LogP contribution in [0.1, 0.15) is 48.5 Å². The van der Waals surface area contributed by atoms with Crippen LogP contribution in [0.3, 0.4) is 0 Å². The summed E-state index contributed by atoms with van der Waals surface area (Å²) in [5.41, 5.74) is 1.36. The zero-order valence-corrected chi connectivity index (χ0v) is 18.3. The summed E-state index contributed by atoms with van der Waals surface area (Å²) in [5.74, 6) is 1.60. The number of aliphatic hydroxyl groups is 1. The van der Waals surface area contributed by atoms with Crippen LogP contribution in [0.25, 0.3) is 0 Å². The SMILES string of the molecule is COC(=O)[C@@](C)([Se]C)[C@H](O)CO[Si](C(C)C)(C(C)C)C(C)C. The van der Waals surface area contributed by atoms with Gasteiger partial charge in [0.25, 0.3) is 0 Å². The van der Waals surface area contributed by atoms with Gasteiger partial charge >= 0.3 is 143 Å². The summed E-state index contributed by atoms with van der Waals surface area (Å²) < 4.78 is 10.4. The number of aliphatic hydroxyl groups excluding tert-OH is 1. The molecule has 22 heavy (non-hydrogen) atoms. The van der Waals surface area contributed by atoms with Gasteiger partial charge in [-0.1, -0.05) is 0 Å². The molecule has 6 heteroatoms. The van der Waals surface area contributed by atoms with Crippen LogP contribution in [-0.2, 0) is 14.0 Å². The van der Waals surface area contributed by atoms with Crippen molar-refractivity contribution in [3.05, 3.63) is 0 Å². The molecule has 0 aliphatic rings. The molecule has 0 aromatic heterocycles. The van der Waals surface area contributed by atoms with Gasteiger partial charge in [-0.2, -0.15) is 0 Å². The number of rotatable bonds is 9. The first-order valence-electron chi connectivity index (χ1n) is 7.96. The van der Waals surface area contributed by atoms with Crippen molar-refractivity contribution in [3.63, 3.8) is 0 Å². The molecule has 0 saturated heterocycles. The molecule has 0 fully saturated rings. The van der Waals surface area contributed by atoms with Gasteiger partial charge in [-0.05, 0) is 0 Å². The molecule has 0 unspecified atom stereocenters. The Labute approximate surface area is 143 Å². The first-order valence-corrected chi connectivity index (χ1v) is 12.7. The summed E-state index contributed by atoms with van der Waals surface area (Å²) in [7, 11) is -0.662. The van der Waals surface area contributed by atoms with Crippen molar-refractivity contribution >= 4 is 29.2 Å². The number of hydrogen-bond donors (Lipinski definition) is 1. The third-order valence-corrected chi connectivity index (χ3v) is 13.6. The van der Waals surface area contributed by atoms with Crippen LogP contribution in [0, 0.1) is 0 Å². The van der Waals surface area contributed by atoms with Gasteiger partial charge in [0, 0.05) is 0 Å². The second-order valence-electron chi connectivity index (χ2n) is 6.95. The molecule has 0 saturated carbocycles. The predicted molar refractivity (Wildman–Crippen MR) is 95.0 cm³/mol. The van der Waals surface area contributed by atoms with Crippen LogP contribution in [0.5, 0.6) is 0 Å². The zero-order chi connectivity index (χ0) is 17.7. The fraction of sp³-hybridized carbons (Fsp3) is 0.938. The molecule has 0 spiro atoms. The number of methoxy groups -OCH3 is 1. The Morgan fingerprint density at radius 3 is 1.82 bits per heavy atom. The van der Waals surface area contributed by atoms with Crippen LogP contribution < -0.4 is 0 Å². The van der Waals surface area contributed by atoms with Crippen LogP contribution in [0.15, 0.2) is 0 Å². The Morgan fingerprint density at radius 2 is 1.55 bits per heavy atom. The third kappa shape index (κ3) is 4.35. The summed E-state index contributed by atoms with van der Waals surface area (Å²) in [6.45, 7) is 15.2. The van der Waals surface area contributed by atoms with E-state index in [0.29, 0.717) is 16.6 Å². The maximum absolute atomic E-state index is 12.0. The minimum absolute atomic E-state index is 0.0689. The normalized spacial score (nSPS) is 17.0. The summed E-state index contributed by atoms with van der Waals surface area (Å²) in [6, 6.07) is 0. The average Bonchev–Trinajstić information content (AvgIpc) is 2.44. The van der Waals surface area contributed by atoms with Crippen molar-refractivity contribution in [3.8, 4) is 0 Å². The number of ether oxygens (including phenoxy) is 1. The fourth-order valence-electron chi connectivity index (χ4n) is 3.44. The molecule has 2 atom stereocenters. The molecule has 0 radical (unpaired) electrons. The van der Waals surface area contributed by atoms with Gasteiger partial charge < -0.3 is 0 Å². The van der Waals surface area contributed by atoms with E-state index >= 15 is 0 Å². The molecular formula is C16H34O4SeSi. The van der Waals surface area contributed by atoms with Gasteiger partial charge in [-0.25, -0.2) is 0 Å². The van der Waals surface area contributed by atoms with E-state index in [1.54, 1.807) is 6.92 Å². The summed E-state index contributed by atoms with van der Waals surface area (Å²) >= 11 is -0.0689. The topological polar surface area (TPSA) is 55.8 Å². The van der Waals surface area contributed by atoms with Crippen molar-refractivity contribution in [1.29, 1.82) is 0 Å². The van der Waals surface area contributed by atoms with E-state index in [0.717, 1.165) is 0 Å². The number of hydrogen-bond acceptors (Lipinski definition) is 4. The number of carbonyl (C=O) groups excluding carboxylic acids is 1. The van der Waals surface area contributed by atoms with Crippen molar-refractivity contribution in [2.45, 2.75) is 81.3 Å². The van der Waals surface area contributed by atoms with E-state index in [2.05, 4.69) is 41.5 Å². The van der Waals surface area contributed by atoms with Gasteiger partial charge in [-0.3, -0.25) is 0 Å².